The molecule has 4 nitrogen and oxygen atoms in total. The fourth-order valence-corrected chi connectivity index (χ4v) is 2.42. The van der Waals surface area contributed by atoms with Crippen LogP contribution in [0.25, 0.3) is 0 Å². The van der Waals surface area contributed by atoms with E-state index in [2.05, 4.69) is 11.4 Å². The quantitative estimate of drug-likeness (QED) is 0.767. The molecule has 0 fully saturated rings. The number of carbonyl (C=O) groups is 1. The number of hydrogen-bond donors (Lipinski definition) is 2. The smallest absolute Gasteiger partial charge is 0.236 e. The molecule has 0 aliphatic rings. The first-order valence-corrected chi connectivity index (χ1v) is 8.13. The SMILES string of the molecule is COc1ccc(C)cc1CCNC(=O)[C@@H](N)CCSC. The first kappa shape index (κ1) is 16.9. The molecule has 0 heterocycles. The summed E-state index contributed by atoms with van der Waals surface area (Å²) in [6.45, 7) is 2.62. The molecule has 0 spiro atoms. The Morgan fingerprint density at radius 3 is 2.90 bits per heavy atom. The Morgan fingerprint density at radius 2 is 2.25 bits per heavy atom. The third kappa shape index (κ3) is 5.43. The van der Waals surface area contributed by atoms with Gasteiger partial charge in [-0.1, -0.05) is 17.7 Å². The third-order valence-corrected chi connectivity index (χ3v) is 3.74. The van der Waals surface area contributed by atoms with E-state index < -0.39 is 6.04 Å². The van der Waals surface area contributed by atoms with Gasteiger partial charge in [0.1, 0.15) is 5.75 Å². The van der Waals surface area contributed by atoms with E-state index in [-0.39, 0.29) is 5.91 Å². The first-order chi connectivity index (χ1) is 9.58. The van der Waals surface area contributed by atoms with E-state index in [1.54, 1.807) is 18.9 Å². The highest BCUT2D eigenvalue weighted by atomic mass is 32.2. The van der Waals surface area contributed by atoms with Gasteiger partial charge in [0.15, 0.2) is 0 Å². The Balaban J connectivity index is 2.44. The van der Waals surface area contributed by atoms with Crippen LogP contribution in [0.3, 0.4) is 0 Å². The molecule has 0 bridgehead atoms. The van der Waals surface area contributed by atoms with Gasteiger partial charge in [0.05, 0.1) is 13.2 Å². The Hall–Kier alpha value is -1.20. The van der Waals surface area contributed by atoms with Crippen LogP contribution in [-0.2, 0) is 11.2 Å². The molecule has 0 radical (unpaired) electrons. The van der Waals surface area contributed by atoms with Crippen LogP contribution in [0.4, 0.5) is 0 Å². The number of aryl methyl sites for hydroxylation is 1. The zero-order valence-electron chi connectivity index (χ0n) is 12.4. The summed E-state index contributed by atoms with van der Waals surface area (Å²) in [6, 6.07) is 5.64. The number of ether oxygens (including phenoxy) is 1. The molecule has 0 aliphatic carbocycles. The van der Waals surface area contributed by atoms with Crippen molar-refractivity contribution in [2.75, 3.05) is 25.7 Å². The van der Waals surface area contributed by atoms with E-state index in [1.165, 1.54) is 5.56 Å². The van der Waals surface area contributed by atoms with Crippen molar-refractivity contribution in [2.45, 2.75) is 25.8 Å². The van der Waals surface area contributed by atoms with Crippen molar-refractivity contribution in [1.82, 2.24) is 5.32 Å². The molecule has 0 saturated carbocycles. The van der Waals surface area contributed by atoms with Crippen molar-refractivity contribution in [3.05, 3.63) is 29.3 Å². The summed E-state index contributed by atoms with van der Waals surface area (Å²) in [5.41, 5.74) is 8.10. The number of methoxy groups -OCH3 is 1. The second-order valence-corrected chi connectivity index (χ2v) is 5.73. The van der Waals surface area contributed by atoms with E-state index in [0.717, 1.165) is 23.5 Å². The standard InChI is InChI=1S/C15H24N2O2S/c1-11-4-5-14(19-2)12(10-11)6-8-17-15(18)13(16)7-9-20-3/h4-5,10,13H,6-9,16H2,1-3H3,(H,17,18)/t13-/m0/s1. The van der Waals surface area contributed by atoms with Gasteiger partial charge < -0.3 is 15.8 Å². The maximum Gasteiger partial charge on any atom is 0.236 e. The second kappa shape index (κ2) is 8.87. The predicted octanol–water partition coefficient (Wildman–Crippen LogP) is 1.74. The van der Waals surface area contributed by atoms with Crippen LogP contribution in [0, 0.1) is 6.92 Å². The van der Waals surface area contributed by atoms with Crippen molar-refractivity contribution in [2.24, 2.45) is 5.73 Å². The van der Waals surface area contributed by atoms with Gasteiger partial charge in [-0.15, -0.1) is 0 Å². The van der Waals surface area contributed by atoms with Gasteiger partial charge in [0, 0.05) is 6.54 Å². The van der Waals surface area contributed by atoms with Gasteiger partial charge >= 0.3 is 0 Å². The Labute approximate surface area is 125 Å². The molecule has 112 valence electrons. The zero-order chi connectivity index (χ0) is 15.0. The number of carbonyl (C=O) groups excluding carboxylic acids is 1. The minimum absolute atomic E-state index is 0.0781. The minimum atomic E-state index is -0.415. The predicted molar refractivity (Wildman–Crippen MR) is 85.4 cm³/mol. The number of hydrogen-bond acceptors (Lipinski definition) is 4. The molecule has 1 rings (SSSR count). The maximum absolute atomic E-state index is 11.8. The van der Waals surface area contributed by atoms with Crippen LogP contribution in [0.2, 0.25) is 0 Å². The van der Waals surface area contributed by atoms with E-state index in [4.69, 9.17) is 10.5 Å². The molecule has 0 aromatic heterocycles. The van der Waals surface area contributed by atoms with Gasteiger partial charge in [-0.05, 0) is 43.4 Å². The molecular formula is C15H24N2O2S. The van der Waals surface area contributed by atoms with Crippen molar-refractivity contribution in [3.63, 3.8) is 0 Å². The average Bonchev–Trinajstić information content (AvgIpc) is 2.44. The van der Waals surface area contributed by atoms with E-state index in [9.17, 15) is 4.79 Å². The highest BCUT2D eigenvalue weighted by Gasteiger charge is 2.12. The van der Waals surface area contributed by atoms with Gasteiger partial charge in [-0.25, -0.2) is 0 Å². The highest BCUT2D eigenvalue weighted by molar-refractivity contribution is 7.98. The molecule has 0 aliphatic heterocycles. The lowest BCUT2D eigenvalue weighted by molar-refractivity contribution is -0.122. The molecule has 0 unspecified atom stereocenters. The van der Waals surface area contributed by atoms with Crippen molar-refractivity contribution in [3.8, 4) is 5.75 Å². The van der Waals surface area contributed by atoms with Crippen LogP contribution >= 0.6 is 11.8 Å². The monoisotopic (exact) mass is 296 g/mol. The Kier molecular flexibility index (Phi) is 7.47. The Bertz CT molecular complexity index is 438. The maximum atomic E-state index is 11.8. The molecule has 1 aromatic carbocycles. The summed E-state index contributed by atoms with van der Waals surface area (Å²) in [7, 11) is 1.66. The summed E-state index contributed by atoms with van der Waals surface area (Å²) in [6.07, 6.45) is 3.46. The molecule has 1 amide bonds. The zero-order valence-corrected chi connectivity index (χ0v) is 13.3. The van der Waals surface area contributed by atoms with Gasteiger partial charge in [0.25, 0.3) is 0 Å². The van der Waals surface area contributed by atoms with Crippen LogP contribution in [0.5, 0.6) is 5.75 Å². The largest absolute Gasteiger partial charge is 0.496 e. The normalized spacial score (nSPS) is 12.0. The summed E-state index contributed by atoms with van der Waals surface area (Å²) in [5, 5.41) is 2.88. The van der Waals surface area contributed by atoms with Crippen LogP contribution in [0.15, 0.2) is 18.2 Å². The average molecular weight is 296 g/mol. The van der Waals surface area contributed by atoms with Gasteiger partial charge in [-0.2, -0.15) is 11.8 Å². The van der Waals surface area contributed by atoms with Crippen molar-refractivity contribution in [1.29, 1.82) is 0 Å². The number of nitrogens with two attached hydrogens (primary N) is 1. The lowest BCUT2D eigenvalue weighted by Crippen LogP contribution is -2.41. The fraction of sp³-hybridized carbons (Fsp3) is 0.533. The molecule has 20 heavy (non-hydrogen) atoms. The van der Waals surface area contributed by atoms with E-state index in [1.807, 2.05) is 25.3 Å². The van der Waals surface area contributed by atoms with E-state index in [0.29, 0.717) is 13.0 Å². The van der Waals surface area contributed by atoms with Gasteiger partial charge in [0.2, 0.25) is 5.91 Å². The molecule has 0 saturated heterocycles. The summed E-state index contributed by atoms with van der Waals surface area (Å²) >= 11 is 1.70. The van der Waals surface area contributed by atoms with Gasteiger partial charge in [-0.3, -0.25) is 4.79 Å². The number of rotatable bonds is 8. The topological polar surface area (TPSA) is 64.3 Å². The lowest BCUT2D eigenvalue weighted by atomic mass is 10.1. The first-order valence-electron chi connectivity index (χ1n) is 6.74. The molecular weight excluding hydrogens is 272 g/mol. The van der Waals surface area contributed by atoms with Crippen molar-refractivity contribution >= 4 is 17.7 Å². The number of benzene rings is 1. The van der Waals surface area contributed by atoms with Crippen LogP contribution < -0.4 is 15.8 Å². The Morgan fingerprint density at radius 1 is 1.50 bits per heavy atom. The molecule has 1 aromatic rings. The van der Waals surface area contributed by atoms with Crippen LogP contribution in [-0.4, -0.2) is 37.6 Å². The lowest BCUT2D eigenvalue weighted by Gasteiger charge is -2.13. The summed E-state index contributed by atoms with van der Waals surface area (Å²) in [5.74, 6) is 1.68. The summed E-state index contributed by atoms with van der Waals surface area (Å²) in [4.78, 5) is 11.8. The number of thioether (sulfide) groups is 1. The van der Waals surface area contributed by atoms with E-state index >= 15 is 0 Å². The summed E-state index contributed by atoms with van der Waals surface area (Å²) < 4.78 is 5.32. The number of nitrogens with one attached hydrogen (secondary N) is 1. The van der Waals surface area contributed by atoms with Crippen LogP contribution in [0.1, 0.15) is 17.5 Å². The number of amides is 1. The van der Waals surface area contributed by atoms with Crippen molar-refractivity contribution < 1.29 is 9.53 Å². The third-order valence-electron chi connectivity index (χ3n) is 3.10. The minimum Gasteiger partial charge on any atom is -0.496 e. The fourth-order valence-electron chi connectivity index (χ4n) is 1.93. The second-order valence-electron chi connectivity index (χ2n) is 4.74. The molecule has 1 atom stereocenters. The highest BCUT2D eigenvalue weighted by Crippen LogP contribution is 2.19. The molecule has 5 heteroatoms. The molecule has 3 N–H and O–H groups in total.